The summed E-state index contributed by atoms with van der Waals surface area (Å²) in [5.41, 5.74) is 6.79. The van der Waals surface area contributed by atoms with Crippen LogP contribution in [0.2, 0.25) is 5.02 Å². The van der Waals surface area contributed by atoms with Crippen molar-refractivity contribution in [3.8, 4) is 5.75 Å². The number of benzene rings is 1. The highest BCUT2D eigenvalue weighted by Gasteiger charge is 2.43. The predicted molar refractivity (Wildman–Crippen MR) is 99.5 cm³/mol. The van der Waals surface area contributed by atoms with Gasteiger partial charge < -0.3 is 20.5 Å². The summed E-state index contributed by atoms with van der Waals surface area (Å²) in [7, 11) is 1.59. The summed E-state index contributed by atoms with van der Waals surface area (Å²) in [6.45, 7) is 0.885. The van der Waals surface area contributed by atoms with Crippen LogP contribution in [0.25, 0.3) is 0 Å². The molecule has 3 unspecified atom stereocenters. The molecule has 1 aliphatic carbocycles. The van der Waals surface area contributed by atoms with E-state index in [1.807, 2.05) is 6.07 Å². The maximum atomic E-state index is 6.09. The molecular formula is C15H21ClIN3O2. The Kier molecular flexibility index (Phi) is 6.17. The number of methoxy groups -OCH3 is 1. The third-order valence-electron chi connectivity index (χ3n) is 4.19. The molecule has 0 aromatic heterocycles. The van der Waals surface area contributed by atoms with Gasteiger partial charge in [-0.3, -0.25) is 0 Å². The number of nitrogens with two attached hydrogens (primary N) is 1. The van der Waals surface area contributed by atoms with Gasteiger partial charge in [0.1, 0.15) is 5.75 Å². The first-order chi connectivity index (χ1) is 10.2. The molecule has 22 heavy (non-hydrogen) atoms. The largest absolute Gasteiger partial charge is 0.495 e. The summed E-state index contributed by atoms with van der Waals surface area (Å²) >= 11 is 6.09. The van der Waals surface area contributed by atoms with Crippen molar-refractivity contribution >= 4 is 47.2 Å². The molecule has 1 heterocycles. The van der Waals surface area contributed by atoms with Crippen molar-refractivity contribution in [3.63, 3.8) is 0 Å². The van der Waals surface area contributed by atoms with E-state index < -0.39 is 0 Å². The maximum absolute atomic E-state index is 6.09. The lowest BCUT2D eigenvalue weighted by Crippen LogP contribution is -2.49. The summed E-state index contributed by atoms with van der Waals surface area (Å²) in [5.74, 6) is 1.59. The van der Waals surface area contributed by atoms with Crippen LogP contribution >= 0.6 is 35.6 Å². The molecule has 122 valence electrons. The van der Waals surface area contributed by atoms with E-state index in [0.29, 0.717) is 28.8 Å². The van der Waals surface area contributed by atoms with Gasteiger partial charge in [0.05, 0.1) is 24.3 Å². The normalized spacial score (nSPS) is 27.2. The number of hydrogen-bond acceptors (Lipinski definition) is 3. The highest BCUT2D eigenvalue weighted by atomic mass is 127. The molecule has 7 heteroatoms. The van der Waals surface area contributed by atoms with Gasteiger partial charge in [0, 0.05) is 18.2 Å². The fourth-order valence-electron chi connectivity index (χ4n) is 3.01. The Morgan fingerprint density at radius 1 is 1.50 bits per heavy atom. The number of halogens is 2. The Bertz CT molecular complexity index is 556. The molecule has 1 saturated heterocycles. The van der Waals surface area contributed by atoms with Crippen molar-refractivity contribution in [3.05, 3.63) is 23.2 Å². The minimum atomic E-state index is 0. The number of aliphatic imine (C=N–C) groups is 1. The molecule has 0 radical (unpaired) electrons. The third-order valence-corrected chi connectivity index (χ3v) is 4.48. The number of hydrogen-bond donors (Lipinski definition) is 2. The molecule has 1 saturated carbocycles. The fraction of sp³-hybridized carbons (Fsp3) is 0.533. The molecule has 1 aromatic rings. The Morgan fingerprint density at radius 2 is 2.32 bits per heavy atom. The van der Waals surface area contributed by atoms with Crippen LogP contribution < -0.4 is 15.8 Å². The molecule has 1 aliphatic heterocycles. The van der Waals surface area contributed by atoms with Gasteiger partial charge in [0.15, 0.2) is 5.96 Å². The number of nitrogens with zero attached hydrogens (tertiary/aromatic N) is 1. The monoisotopic (exact) mass is 437 g/mol. The van der Waals surface area contributed by atoms with E-state index in [4.69, 9.17) is 26.8 Å². The standard InChI is InChI=1S/C15H20ClN3O2.HI/c1-20-13-5-4-9(7-11(13)16)18-15(17)19-12-8-14-10(12)3-2-6-21-14;/h4-5,7,10,12,14H,2-3,6,8H2,1H3,(H3,17,18,19);1H. The van der Waals surface area contributed by atoms with Crippen molar-refractivity contribution in [2.45, 2.75) is 31.4 Å². The van der Waals surface area contributed by atoms with E-state index in [2.05, 4.69) is 10.3 Å². The lowest BCUT2D eigenvalue weighted by atomic mass is 9.73. The van der Waals surface area contributed by atoms with Gasteiger partial charge in [-0.05, 0) is 37.5 Å². The van der Waals surface area contributed by atoms with E-state index in [1.54, 1.807) is 19.2 Å². The maximum Gasteiger partial charge on any atom is 0.193 e. The summed E-state index contributed by atoms with van der Waals surface area (Å²) in [5, 5.41) is 3.62. The molecule has 2 fully saturated rings. The average Bonchev–Trinajstić information content (AvgIpc) is 2.45. The molecule has 3 rings (SSSR count). The van der Waals surface area contributed by atoms with Crippen LogP contribution in [0, 0.1) is 5.92 Å². The molecule has 3 atom stereocenters. The summed E-state index contributed by atoms with van der Waals surface area (Å²) in [6, 6.07) is 5.71. The first-order valence-electron chi connectivity index (χ1n) is 7.23. The zero-order chi connectivity index (χ0) is 14.8. The van der Waals surface area contributed by atoms with Crippen molar-refractivity contribution < 1.29 is 9.47 Å². The molecule has 0 amide bonds. The van der Waals surface area contributed by atoms with Crippen molar-refractivity contribution in [2.75, 3.05) is 19.0 Å². The van der Waals surface area contributed by atoms with Crippen LogP contribution in [0.5, 0.6) is 5.75 Å². The number of guanidine groups is 1. The molecule has 0 bridgehead atoms. The smallest absolute Gasteiger partial charge is 0.193 e. The van der Waals surface area contributed by atoms with Gasteiger partial charge in [0.2, 0.25) is 0 Å². The molecule has 0 spiro atoms. The number of ether oxygens (including phenoxy) is 2. The summed E-state index contributed by atoms with van der Waals surface area (Å²) < 4.78 is 10.8. The minimum absolute atomic E-state index is 0. The zero-order valence-corrected chi connectivity index (χ0v) is 15.5. The van der Waals surface area contributed by atoms with E-state index in [-0.39, 0.29) is 30.0 Å². The van der Waals surface area contributed by atoms with E-state index >= 15 is 0 Å². The van der Waals surface area contributed by atoms with Crippen LogP contribution in [0.4, 0.5) is 5.69 Å². The molecule has 3 N–H and O–H groups in total. The highest BCUT2D eigenvalue weighted by molar-refractivity contribution is 14.0. The first-order valence-corrected chi connectivity index (χ1v) is 7.60. The second kappa shape index (κ2) is 7.70. The Balaban J connectivity index is 0.00000176. The number of nitrogens with one attached hydrogen (secondary N) is 1. The van der Waals surface area contributed by atoms with Crippen molar-refractivity contribution in [1.29, 1.82) is 0 Å². The zero-order valence-electron chi connectivity index (χ0n) is 12.4. The van der Waals surface area contributed by atoms with Crippen LogP contribution in [-0.4, -0.2) is 31.8 Å². The Morgan fingerprint density at radius 3 is 3.00 bits per heavy atom. The topological polar surface area (TPSA) is 68.9 Å². The molecule has 2 aliphatic rings. The predicted octanol–water partition coefficient (Wildman–Crippen LogP) is 3.26. The van der Waals surface area contributed by atoms with Crippen molar-refractivity contribution in [1.82, 2.24) is 0 Å². The van der Waals surface area contributed by atoms with Crippen LogP contribution in [-0.2, 0) is 4.74 Å². The van der Waals surface area contributed by atoms with Gasteiger partial charge in [-0.25, -0.2) is 4.99 Å². The van der Waals surface area contributed by atoms with Gasteiger partial charge in [-0.2, -0.15) is 0 Å². The Labute approximate surface area is 152 Å². The van der Waals surface area contributed by atoms with E-state index in [0.717, 1.165) is 25.1 Å². The van der Waals surface area contributed by atoms with Crippen LogP contribution in [0.1, 0.15) is 19.3 Å². The Hall–Kier alpha value is -0.730. The first kappa shape index (κ1) is 17.6. The van der Waals surface area contributed by atoms with E-state index in [1.165, 1.54) is 6.42 Å². The lowest BCUT2D eigenvalue weighted by Gasteiger charge is -2.45. The minimum Gasteiger partial charge on any atom is -0.495 e. The van der Waals surface area contributed by atoms with E-state index in [9.17, 15) is 0 Å². The van der Waals surface area contributed by atoms with Crippen LogP contribution in [0.15, 0.2) is 23.2 Å². The van der Waals surface area contributed by atoms with Gasteiger partial charge in [-0.1, -0.05) is 11.6 Å². The van der Waals surface area contributed by atoms with Crippen molar-refractivity contribution in [2.24, 2.45) is 16.6 Å². The average molecular weight is 438 g/mol. The SMILES string of the molecule is COc1ccc(NC(N)=NC2CC3OCCCC23)cc1Cl.I. The second-order valence-electron chi connectivity index (χ2n) is 5.51. The van der Waals surface area contributed by atoms with Gasteiger partial charge in [-0.15, -0.1) is 24.0 Å². The number of rotatable bonds is 3. The summed E-state index contributed by atoms with van der Waals surface area (Å²) in [6.07, 6.45) is 3.65. The third kappa shape index (κ3) is 3.78. The number of anilines is 1. The van der Waals surface area contributed by atoms with Crippen LogP contribution in [0.3, 0.4) is 0 Å². The number of fused-ring (bicyclic) bond motifs is 1. The second-order valence-corrected chi connectivity index (χ2v) is 5.91. The van der Waals surface area contributed by atoms with Gasteiger partial charge in [0.25, 0.3) is 0 Å². The molecular weight excluding hydrogens is 417 g/mol. The fourth-order valence-corrected chi connectivity index (χ4v) is 3.27. The summed E-state index contributed by atoms with van der Waals surface area (Å²) in [4.78, 5) is 4.56. The lowest BCUT2D eigenvalue weighted by molar-refractivity contribution is -0.0937. The molecule has 5 nitrogen and oxygen atoms in total. The van der Waals surface area contributed by atoms with Gasteiger partial charge >= 0.3 is 0 Å². The molecule has 1 aromatic carbocycles. The highest BCUT2D eigenvalue weighted by Crippen LogP contribution is 2.39. The quantitative estimate of drug-likeness (QED) is 0.433.